The SMILES string of the molecule is CCC(C(=O)O)C(C)(C#N)C(=O)O. The van der Waals surface area contributed by atoms with Crippen LogP contribution in [0.2, 0.25) is 0 Å². The molecule has 2 unspecified atom stereocenters. The van der Waals surface area contributed by atoms with Crippen LogP contribution in [-0.4, -0.2) is 22.2 Å². The van der Waals surface area contributed by atoms with E-state index in [9.17, 15) is 9.59 Å². The van der Waals surface area contributed by atoms with Crippen LogP contribution in [0.4, 0.5) is 0 Å². The highest BCUT2D eigenvalue weighted by Gasteiger charge is 2.45. The first-order valence-electron chi connectivity index (χ1n) is 3.77. The van der Waals surface area contributed by atoms with E-state index in [1.54, 1.807) is 0 Å². The van der Waals surface area contributed by atoms with Crippen LogP contribution in [0.15, 0.2) is 0 Å². The number of carboxylic acid groups (broad SMARTS) is 2. The summed E-state index contributed by atoms with van der Waals surface area (Å²) in [5.41, 5.74) is -1.85. The molecule has 2 atom stereocenters. The largest absolute Gasteiger partial charge is 0.481 e. The monoisotopic (exact) mass is 185 g/mol. The molecule has 0 aromatic carbocycles. The van der Waals surface area contributed by atoms with Gasteiger partial charge in [0.1, 0.15) is 0 Å². The van der Waals surface area contributed by atoms with E-state index in [-0.39, 0.29) is 6.42 Å². The third-order valence-corrected chi connectivity index (χ3v) is 2.08. The Hall–Kier alpha value is -1.57. The van der Waals surface area contributed by atoms with Crippen LogP contribution in [-0.2, 0) is 9.59 Å². The number of nitriles is 1. The molecule has 0 radical (unpaired) electrons. The number of hydrogen-bond donors (Lipinski definition) is 2. The van der Waals surface area contributed by atoms with Gasteiger partial charge in [-0.3, -0.25) is 9.59 Å². The Kier molecular flexibility index (Phi) is 3.43. The lowest BCUT2D eigenvalue weighted by Crippen LogP contribution is -2.38. The van der Waals surface area contributed by atoms with E-state index in [4.69, 9.17) is 15.5 Å². The van der Waals surface area contributed by atoms with Crippen LogP contribution >= 0.6 is 0 Å². The van der Waals surface area contributed by atoms with Gasteiger partial charge in [0.05, 0.1) is 12.0 Å². The van der Waals surface area contributed by atoms with Gasteiger partial charge < -0.3 is 10.2 Å². The first-order chi connectivity index (χ1) is 5.90. The highest BCUT2D eigenvalue weighted by atomic mass is 16.4. The number of nitrogens with zero attached hydrogens (tertiary/aromatic N) is 1. The molecule has 0 spiro atoms. The number of rotatable bonds is 4. The fraction of sp³-hybridized carbons (Fsp3) is 0.625. The molecular weight excluding hydrogens is 174 g/mol. The predicted octanol–water partition coefficient (Wildman–Crippen LogP) is 0.712. The topological polar surface area (TPSA) is 98.4 Å². The van der Waals surface area contributed by atoms with Crippen LogP contribution in [0.25, 0.3) is 0 Å². The number of aliphatic carboxylic acids is 2. The number of carboxylic acids is 2. The van der Waals surface area contributed by atoms with Crippen molar-refractivity contribution < 1.29 is 19.8 Å². The smallest absolute Gasteiger partial charge is 0.324 e. The summed E-state index contributed by atoms with van der Waals surface area (Å²) in [6.45, 7) is 2.66. The zero-order chi connectivity index (χ0) is 10.6. The maximum absolute atomic E-state index is 10.7. The van der Waals surface area contributed by atoms with Crippen LogP contribution in [0.3, 0.4) is 0 Å². The van der Waals surface area contributed by atoms with Crippen molar-refractivity contribution in [3.63, 3.8) is 0 Å². The van der Waals surface area contributed by atoms with Gasteiger partial charge in [0.15, 0.2) is 5.41 Å². The molecular formula is C8H11NO4. The summed E-state index contributed by atoms with van der Waals surface area (Å²) in [4.78, 5) is 21.3. The molecule has 5 heteroatoms. The molecule has 0 heterocycles. The summed E-state index contributed by atoms with van der Waals surface area (Å²) < 4.78 is 0. The zero-order valence-electron chi connectivity index (χ0n) is 7.44. The fourth-order valence-electron chi connectivity index (χ4n) is 1.10. The van der Waals surface area contributed by atoms with Crippen molar-refractivity contribution in [1.82, 2.24) is 0 Å². The third kappa shape index (κ3) is 1.96. The molecule has 0 bridgehead atoms. The Morgan fingerprint density at radius 3 is 2.08 bits per heavy atom. The zero-order valence-corrected chi connectivity index (χ0v) is 7.44. The molecule has 0 aromatic rings. The second-order valence-corrected chi connectivity index (χ2v) is 2.92. The van der Waals surface area contributed by atoms with Gasteiger partial charge in [-0.2, -0.15) is 5.26 Å². The van der Waals surface area contributed by atoms with Crippen molar-refractivity contribution in [3.8, 4) is 6.07 Å². The van der Waals surface area contributed by atoms with E-state index in [1.807, 2.05) is 0 Å². The van der Waals surface area contributed by atoms with Crippen LogP contribution in [0, 0.1) is 22.7 Å². The summed E-state index contributed by atoms with van der Waals surface area (Å²) in [6, 6.07) is 1.53. The first-order valence-corrected chi connectivity index (χ1v) is 3.77. The lowest BCUT2D eigenvalue weighted by molar-refractivity contribution is -0.157. The van der Waals surface area contributed by atoms with Gasteiger partial charge in [0.2, 0.25) is 0 Å². The van der Waals surface area contributed by atoms with Crippen LogP contribution in [0.1, 0.15) is 20.3 Å². The van der Waals surface area contributed by atoms with Gasteiger partial charge >= 0.3 is 11.9 Å². The molecule has 0 saturated carbocycles. The lowest BCUT2D eigenvalue weighted by atomic mass is 9.77. The Labute approximate surface area is 75.6 Å². The minimum absolute atomic E-state index is 0.117. The quantitative estimate of drug-likeness (QED) is 0.672. The predicted molar refractivity (Wildman–Crippen MR) is 42.8 cm³/mol. The van der Waals surface area contributed by atoms with E-state index >= 15 is 0 Å². The molecule has 0 aliphatic heterocycles. The normalized spacial score (nSPS) is 16.7. The van der Waals surface area contributed by atoms with Gasteiger partial charge in [0.25, 0.3) is 0 Å². The summed E-state index contributed by atoms with van der Waals surface area (Å²) >= 11 is 0. The van der Waals surface area contributed by atoms with Crippen molar-refractivity contribution in [2.24, 2.45) is 11.3 Å². The van der Waals surface area contributed by atoms with E-state index in [1.165, 1.54) is 13.0 Å². The van der Waals surface area contributed by atoms with E-state index in [2.05, 4.69) is 0 Å². The average Bonchev–Trinajstić information content (AvgIpc) is 2.04. The van der Waals surface area contributed by atoms with E-state index in [0.29, 0.717) is 0 Å². The van der Waals surface area contributed by atoms with Gasteiger partial charge in [-0.15, -0.1) is 0 Å². The maximum Gasteiger partial charge on any atom is 0.324 e. The van der Waals surface area contributed by atoms with Crippen molar-refractivity contribution >= 4 is 11.9 Å². The van der Waals surface area contributed by atoms with Crippen molar-refractivity contribution in [3.05, 3.63) is 0 Å². The molecule has 0 amide bonds. The Morgan fingerprint density at radius 1 is 1.54 bits per heavy atom. The van der Waals surface area contributed by atoms with Crippen molar-refractivity contribution in [2.45, 2.75) is 20.3 Å². The molecule has 72 valence electrons. The van der Waals surface area contributed by atoms with Crippen molar-refractivity contribution in [2.75, 3.05) is 0 Å². The van der Waals surface area contributed by atoms with Gasteiger partial charge in [-0.25, -0.2) is 0 Å². The summed E-state index contributed by atoms with van der Waals surface area (Å²) in [7, 11) is 0. The average molecular weight is 185 g/mol. The Bertz CT molecular complexity index is 268. The Morgan fingerprint density at radius 2 is 2.00 bits per heavy atom. The second kappa shape index (κ2) is 3.90. The Balaban J connectivity index is 5.06. The molecule has 0 fully saturated rings. The second-order valence-electron chi connectivity index (χ2n) is 2.92. The van der Waals surface area contributed by atoms with Crippen LogP contribution in [0.5, 0.6) is 0 Å². The molecule has 5 nitrogen and oxygen atoms in total. The molecule has 13 heavy (non-hydrogen) atoms. The van der Waals surface area contributed by atoms with E-state index in [0.717, 1.165) is 6.92 Å². The van der Waals surface area contributed by atoms with Gasteiger partial charge in [0, 0.05) is 0 Å². The van der Waals surface area contributed by atoms with Crippen molar-refractivity contribution in [1.29, 1.82) is 5.26 Å². The highest BCUT2D eigenvalue weighted by molar-refractivity contribution is 5.85. The number of carbonyl (C=O) groups is 2. The molecule has 0 aliphatic rings. The molecule has 0 aliphatic carbocycles. The van der Waals surface area contributed by atoms with Gasteiger partial charge in [-0.05, 0) is 13.3 Å². The minimum atomic E-state index is -1.85. The lowest BCUT2D eigenvalue weighted by Gasteiger charge is -2.22. The fourth-order valence-corrected chi connectivity index (χ4v) is 1.10. The molecule has 0 aromatic heterocycles. The van der Waals surface area contributed by atoms with Gasteiger partial charge in [-0.1, -0.05) is 6.92 Å². The highest BCUT2D eigenvalue weighted by Crippen LogP contribution is 2.29. The van der Waals surface area contributed by atoms with Crippen LogP contribution < -0.4 is 0 Å². The van der Waals surface area contributed by atoms with E-state index < -0.39 is 23.3 Å². The summed E-state index contributed by atoms with van der Waals surface area (Å²) in [5.74, 6) is -3.83. The number of hydrogen-bond acceptors (Lipinski definition) is 3. The summed E-state index contributed by atoms with van der Waals surface area (Å²) in [5, 5.41) is 26.0. The standard InChI is InChI=1S/C8H11NO4/c1-3-5(6(10)11)8(2,4-9)7(12)13/h5H,3H2,1-2H3,(H,10,11)(H,12,13). The molecule has 2 N–H and O–H groups in total. The molecule has 0 saturated heterocycles. The third-order valence-electron chi connectivity index (χ3n) is 2.08. The summed E-state index contributed by atoms with van der Waals surface area (Å²) in [6.07, 6.45) is 0.117. The maximum atomic E-state index is 10.7. The minimum Gasteiger partial charge on any atom is -0.481 e. The first kappa shape index (κ1) is 11.4. The molecule has 0 rings (SSSR count).